The van der Waals surface area contributed by atoms with E-state index in [-0.39, 0.29) is 18.2 Å². The van der Waals surface area contributed by atoms with Crippen molar-refractivity contribution in [2.24, 2.45) is 11.3 Å². The van der Waals surface area contributed by atoms with Crippen LogP contribution in [-0.4, -0.2) is 18.2 Å². The van der Waals surface area contributed by atoms with E-state index in [0.29, 0.717) is 11.7 Å². The Balaban J connectivity index is 1.88. The number of amides is 1. The van der Waals surface area contributed by atoms with Gasteiger partial charge in [-0.25, -0.2) is 0 Å². The highest BCUT2D eigenvalue weighted by atomic mass is 16.3. The minimum absolute atomic E-state index is 0.00248. The van der Waals surface area contributed by atoms with E-state index in [4.69, 9.17) is 4.42 Å². The maximum absolute atomic E-state index is 12.2. The number of furan rings is 1. The molecule has 1 saturated carbocycles. The lowest BCUT2D eigenvalue weighted by Gasteiger charge is -2.29. The highest BCUT2D eigenvalue weighted by Gasteiger charge is 2.38. The van der Waals surface area contributed by atoms with Crippen LogP contribution in [0.2, 0.25) is 0 Å². The highest BCUT2D eigenvalue weighted by Crippen LogP contribution is 2.39. The Labute approximate surface area is 113 Å². The van der Waals surface area contributed by atoms with Crippen LogP contribution in [0.15, 0.2) is 22.8 Å². The number of carbonyl (C=O) groups excluding carboxylic acids is 2. The van der Waals surface area contributed by atoms with Crippen molar-refractivity contribution in [3.63, 3.8) is 0 Å². The van der Waals surface area contributed by atoms with Crippen LogP contribution in [0.3, 0.4) is 0 Å². The summed E-state index contributed by atoms with van der Waals surface area (Å²) in [6, 6.07) is 3.27. The summed E-state index contributed by atoms with van der Waals surface area (Å²) >= 11 is 0. The average molecular weight is 263 g/mol. The summed E-state index contributed by atoms with van der Waals surface area (Å²) in [5.74, 6) is 0.477. The molecule has 1 aliphatic rings. The molecule has 1 aromatic rings. The van der Waals surface area contributed by atoms with E-state index in [1.165, 1.54) is 19.1 Å². The van der Waals surface area contributed by atoms with Gasteiger partial charge in [0.15, 0.2) is 5.76 Å². The van der Waals surface area contributed by atoms with Gasteiger partial charge in [0.1, 0.15) is 0 Å². The summed E-state index contributed by atoms with van der Waals surface area (Å²) in [6.45, 7) is 3.94. The first-order valence-corrected chi connectivity index (χ1v) is 6.87. The van der Waals surface area contributed by atoms with Gasteiger partial charge in [-0.3, -0.25) is 9.59 Å². The molecule has 0 spiro atoms. The fraction of sp³-hybridized carbons (Fsp3) is 0.600. The van der Waals surface area contributed by atoms with Crippen molar-refractivity contribution in [1.82, 2.24) is 5.32 Å². The molecule has 1 fully saturated rings. The van der Waals surface area contributed by atoms with E-state index in [9.17, 15) is 9.59 Å². The fourth-order valence-electron chi connectivity index (χ4n) is 2.75. The molecule has 0 bridgehead atoms. The second-order valence-corrected chi connectivity index (χ2v) is 5.79. The summed E-state index contributed by atoms with van der Waals surface area (Å²) in [7, 11) is 0. The first kappa shape index (κ1) is 13.8. The van der Waals surface area contributed by atoms with Gasteiger partial charge in [0.2, 0.25) is 11.7 Å². The topological polar surface area (TPSA) is 59.3 Å². The van der Waals surface area contributed by atoms with Crippen molar-refractivity contribution in [2.45, 2.75) is 39.5 Å². The third kappa shape index (κ3) is 3.06. The zero-order chi connectivity index (χ0) is 13.9. The standard InChI is InChI=1S/C15H21NO3/c1-15(2,11-6-3-4-7-11)14(18)16-10-12(17)13-8-5-9-19-13/h5,8-9,11H,3-4,6-7,10H2,1-2H3,(H,16,18). The maximum atomic E-state index is 12.2. The molecule has 1 aliphatic carbocycles. The molecule has 4 heteroatoms. The molecule has 0 radical (unpaired) electrons. The number of nitrogens with one attached hydrogen (secondary N) is 1. The van der Waals surface area contributed by atoms with E-state index in [1.54, 1.807) is 12.1 Å². The van der Waals surface area contributed by atoms with Gasteiger partial charge >= 0.3 is 0 Å². The van der Waals surface area contributed by atoms with Gasteiger partial charge in [-0.1, -0.05) is 26.7 Å². The molecule has 4 nitrogen and oxygen atoms in total. The molecule has 1 aromatic heterocycles. The van der Waals surface area contributed by atoms with Crippen LogP contribution in [0.4, 0.5) is 0 Å². The SMILES string of the molecule is CC(C)(C(=O)NCC(=O)c1ccco1)C1CCCC1. The maximum Gasteiger partial charge on any atom is 0.226 e. The summed E-state index contributed by atoms with van der Waals surface area (Å²) in [6.07, 6.45) is 6.07. The van der Waals surface area contributed by atoms with E-state index in [0.717, 1.165) is 12.8 Å². The Morgan fingerprint density at radius 1 is 1.37 bits per heavy atom. The molecule has 0 atom stereocenters. The van der Waals surface area contributed by atoms with Crippen LogP contribution in [-0.2, 0) is 4.79 Å². The van der Waals surface area contributed by atoms with Crippen LogP contribution < -0.4 is 5.32 Å². The zero-order valence-corrected chi connectivity index (χ0v) is 11.6. The third-order valence-corrected chi connectivity index (χ3v) is 4.17. The van der Waals surface area contributed by atoms with Gasteiger partial charge in [-0.15, -0.1) is 0 Å². The molecule has 1 amide bonds. The molecular formula is C15H21NO3. The monoisotopic (exact) mass is 263 g/mol. The lowest BCUT2D eigenvalue weighted by Crippen LogP contribution is -2.43. The van der Waals surface area contributed by atoms with Gasteiger partial charge < -0.3 is 9.73 Å². The summed E-state index contributed by atoms with van der Waals surface area (Å²) in [5.41, 5.74) is -0.403. The Bertz CT molecular complexity index is 442. The number of hydrogen-bond donors (Lipinski definition) is 1. The van der Waals surface area contributed by atoms with E-state index >= 15 is 0 Å². The lowest BCUT2D eigenvalue weighted by molar-refractivity contribution is -0.131. The van der Waals surface area contributed by atoms with Crippen LogP contribution in [0, 0.1) is 11.3 Å². The zero-order valence-electron chi connectivity index (χ0n) is 11.6. The Kier molecular flexibility index (Phi) is 4.08. The number of ketones is 1. The number of Topliss-reactive ketones (excluding diaryl/α,β-unsaturated/α-hetero) is 1. The summed E-state index contributed by atoms with van der Waals surface area (Å²) < 4.78 is 5.01. The van der Waals surface area contributed by atoms with Gasteiger partial charge in [-0.2, -0.15) is 0 Å². The molecule has 19 heavy (non-hydrogen) atoms. The lowest BCUT2D eigenvalue weighted by atomic mass is 9.77. The first-order chi connectivity index (χ1) is 9.01. The first-order valence-electron chi connectivity index (χ1n) is 6.87. The van der Waals surface area contributed by atoms with Gasteiger partial charge in [0.05, 0.1) is 12.8 Å². The van der Waals surface area contributed by atoms with E-state index < -0.39 is 5.41 Å². The van der Waals surface area contributed by atoms with Crippen molar-refractivity contribution >= 4 is 11.7 Å². The Morgan fingerprint density at radius 2 is 2.05 bits per heavy atom. The molecule has 0 saturated heterocycles. The van der Waals surface area contributed by atoms with Crippen LogP contribution in [0.1, 0.15) is 50.1 Å². The summed E-state index contributed by atoms with van der Waals surface area (Å²) in [4.78, 5) is 24.0. The van der Waals surface area contributed by atoms with Gasteiger partial charge in [-0.05, 0) is 30.9 Å². The van der Waals surface area contributed by atoms with Crippen molar-refractivity contribution in [3.05, 3.63) is 24.2 Å². The molecular weight excluding hydrogens is 242 g/mol. The minimum atomic E-state index is -0.403. The predicted molar refractivity (Wildman–Crippen MR) is 71.8 cm³/mol. The normalized spacial score (nSPS) is 16.5. The van der Waals surface area contributed by atoms with Gasteiger partial charge in [0, 0.05) is 5.41 Å². The number of carbonyl (C=O) groups is 2. The van der Waals surface area contributed by atoms with Crippen LogP contribution in [0.25, 0.3) is 0 Å². The largest absolute Gasteiger partial charge is 0.461 e. The van der Waals surface area contributed by atoms with E-state index in [2.05, 4.69) is 5.32 Å². The number of hydrogen-bond acceptors (Lipinski definition) is 3. The fourth-order valence-corrected chi connectivity index (χ4v) is 2.75. The van der Waals surface area contributed by atoms with Crippen LogP contribution in [0.5, 0.6) is 0 Å². The molecule has 0 aromatic carbocycles. The molecule has 104 valence electrons. The smallest absolute Gasteiger partial charge is 0.226 e. The summed E-state index contributed by atoms with van der Waals surface area (Å²) in [5, 5.41) is 2.74. The van der Waals surface area contributed by atoms with Crippen molar-refractivity contribution in [1.29, 1.82) is 0 Å². The predicted octanol–water partition coefficient (Wildman–Crippen LogP) is 2.79. The molecule has 2 rings (SSSR count). The number of rotatable bonds is 5. The second-order valence-electron chi connectivity index (χ2n) is 5.79. The van der Waals surface area contributed by atoms with Crippen molar-refractivity contribution < 1.29 is 14.0 Å². The molecule has 1 heterocycles. The Morgan fingerprint density at radius 3 is 2.63 bits per heavy atom. The van der Waals surface area contributed by atoms with Crippen molar-refractivity contribution in [3.8, 4) is 0 Å². The van der Waals surface area contributed by atoms with E-state index in [1.807, 2.05) is 13.8 Å². The minimum Gasteiger partial charge on any atom is -0.461 e. The Hall–Kier alpha value is -1.58. The molecule has 0 unspecified atom stereocenters. The van der Waals surface area contributed by atoms with Crippen molar-refractivity contribution in [2.75, 3.05) is 6.54 Å². The average Bonchev–Trinajstić information content (AvgIpc) is 3.06. The van der Waals surface area contributed by atoms with Gasteiger partial charge in [0.25, 0.3) is 0 Å². The molecule has 0 aliphatic heterocycles. The highest BCUT2D eigenvalue weighted by molar-refractivity contribution is 5.97. The van der Waals surface area contributed by atoms with Crippen LogP contribution >= 0.6 is 0 Å². The second kappa shape index (κ2) is 5.59. The molecule has 1 N–H and O–H groups in total. The third-order valence-electron chi connectivity index (χ3n) is 4.17. The quantitative estimate of drug-likeness (QED) is 0.831.